The molecule has 0 radical (unpaired) electrons. The Labute approximate surface area is 107 Å². The maximum absolute atomic E-state index is 10.9. The molecule has 0 aliphatic carbocycles. The lowest BCUT2D eigenvalue weighted by atomic mass is 10.00. The zero-order chi connectivity index (χ0) is 12.1. The Morgan fingerprint density at radius 3 is 2.59 bits per heavy atom. The number of aryl methyl sites for hydroxylation is 1. The SMILES string of the molecule is CCc1ccc([C@H](N)CCN)c([N+](=O)[O-])c1.Cl. The number of nitro benzene ring substituents is 1. The zero-order valence-corrected chi connectivity index (χ0v) is 10.6. The van der Waals surface area contributed by atoms with Gasteiger partial charge in [-0.2, -0.15) is 0 Å². The van der Waals surface area contributed by atoms with Crippen molar-refractivity contribution in [2.75, 3.05) is 6.54 Å². The van der Waals surface area contributed by atoms with E-state index in [4.69, 9.17) is 11.5 Å². The molecule has 1 aromatic rings. The molecule has 5 nitrogen and oxygen atoms in total. The van der Waals surface area contributed by atoms with Crippen molar-refractivity contribution >= 4 is 18.1 Å². The maximum Gasteiger partial charge on any atom is 0.274 e. The summed E-state index contributed by atoms with van der Waals surface area (Å²) in [6.45, 7) is 2.38. The Kier molecular flexibility index (Phi) is 6.72. The van der Waals surface area contributed by atoms with Gasteiger partial charge in [-0.3, -0.25) is 10.1 Å². The van der Waals surface area contributed by atoms with E-state index in [0.717, 1.165) is 12.0 Å². The molecule has 1 rings (SSSR count). The summed E-state index contributed by atoms with van der Waals surface area (Å²) in [4.78, 5) is 10.5. The van der Waals surface area contributed by atoms with Crippen LogP contribution in [0, 0.1) is 10.1 Å². The normalized spacial score (nSPS) is 11.7. The predicted molar refractivity (Wildman–Crippen MR) is 70.3 cm³/mol. The minimum Gasteiger partial charge on any atom is -0.330 e. The number of nitro groups is 1. The number of hydrogen-bond acceptors (Lipinski definition) is 4. The topological polar surface area (TPSA) is 95.2 Å². The van der Waals surface area contributed by atoms with Gasteiger partial charge in [0.15, 0.2) is 0 Å². The predicted octanol–water partition coefficient (Wildman–Crippen LogP) is 1.93. The molecule has 0 heterocycles. The highest BCUT2D eigenvalue weighted by atomic mass is 35.5. The molecule has 1 aromatic carbocycles. The van der Waals surface area contributed by atoms with Crippen LogP contribution in [-0.2, 0) is 6.42 Å². The van der Waals surface area contributed by atoms with Crippen LogP contribution in [0.4, 0.5) is 5.69 Å². The third kappa shape index (κ3) is 3.96. The number of halogens is 1. The smallest absolute Gasteiger partial charge is 0.274 e. The highest BCUT2D eigenvalue weighted by Gasteiger charge is 2.19. The monoisotopic (exact) mass is 259 g/mol. The van der Waals surface area contributed by atoms with Crippen molar-refractivity contribution in [3.05, 3.63) is 39.4 Å². The van der Waals surface area contributed by atoms with Crippen LogP contribution >= 0.6 is 12.4 Å². The second kappa shape index (κ2) is 7.21. The summed E-state index contributed by atoms with van der Waals surface area (Å²) in [5, 5.41) is 10.9. The Morgan fingerprint density at radius 1 is 1.47 bits per heavy atom. The van der Waals surface area contributed by atoms with Gasteiger partial charge >= 0.3 is 0 Å². The first-order valence-electron chi connectivity index (χ1n) is 5.33. The Morgan fingerprint density at radius 2 is 2.12 bits per heavy atom. The van der Waals surface area contributed by atoms with Gasteiger partial charge in [-0.25, -0.2) is 0 Å². The fraction of sp³-hybridized carbons (Fsp3) is 0.455. The van der Waals surface area contributed by atoms with Crippen LogP contribution in [0.2, 0.25) is 0 Å². The minimum absolute atomic E-state index is 0. The van der Waals surface area contributed by atoms with Crippen molar-refractivity contribution in [3.63, 3.8) is 0 Å². The third-order valence-corrected chi connectivity index (χ3v) is 2.58. The van der Waals surface area contributed by atoms with E-state index in [9.17, 15) is 10.1 Å². The van der Waals surface area contributed by atoms with Gasteiger partial charge in [-0.05, 0) is 24.9 Å². The van der Waals surface area contributed by atoms with E-state index in [1.54, 1.807) is 12.1 Å². The Bertz CT molecular complexity index is 385. The van der Waals surface area contributed by atoms with E-state index in [1.807, 2.05) is 13.0 Å². The van der Waals surface area contributed by atoms with Crippen molar-refractivity contribution in [1.82, 2.24) is 0 Å². The summed E-state index contributed by atoms with van der Waals surface area (Å²) in [6.07, 6.45) is 1.32. The summed E-state index contributed by atoms with van der Waals surface area (Å²) in [7, 11) is 0. The second-order valence-electron chi connectivity index (χ2n) is 3.69. The fourth-order valence-corrected chi connectivity index (χ4v) is 1.62. The van der Waals surface area contributed by atoms with Crippen LogP contribution in [0.15, 0.2) is 18.2 Å². The van der Waals surface area contributed by atoms with E-state index >= 15 is 0 Å². The van der Waals surface area contributed by atoms with E-state index in [0.29, 0.717) is 18.5 Å². The molecule has 0 saturated heterocycles. The van der Waals surface area contributed by atoms with E-state index in [2.05, 4.69) is 0 Å². The second-order valence-corrected chi connectivity index (χ2v) is 3.69. The Balaban J connectivity index is 0.00000256. The standard InChI is InChI=1S/C11H17N3O2.ClH/c1-2-8-3-4-9(10(13)5-6-12)11(7-8)14(15)16;/h3-4,7,10H,2,5-6,12-13H2,1H3;1H/t10-;/m1./s1. The summed E-state index contributed by atoms with van der Waals surface area (Å²) in [5.74, 6) is 0. The molecule has 17 heavy (non-hydrogen) atoms. The van der Waals surface area contributed by atoms with Crippen LogP contribution in [0.1, 0.15) is 30.5 Å². The quantitative estimate of drug-likeness (QED) is 0.624. The van der Waals surface area contributed by atoms with Gasteiger partial charge in [0.05, 0.1) is 4.92 Å². The molecule has 0 unspecified atom stereocenters. The lowest BCUT2D eigenvalue weighted by molar-refractivity contribution is -0.385. The van der Waals surface area contributed by atoms with Crippen LogP contribution in [0.25, 0.3) is 0 Å². The molecule has 96 valence electrons. The van der Waals surface area contributed by atoms with Crippen LogP contribution in [-0.4, -0.2) is 11.5 Å². The molecule has 4 N–H and O–H groups in total. The number of benzene rings is 1. The van der Waals surface area contributed by atoms with E-state index in [-0.39, 0.29) is 29.1 Å². The van der Waals surface area contributed by atoms with Crippen molar-refractivity contribution in [3.8, 4) is 0 Å². The number of rotatable bonds is 5. The van der Waals surface area contributed by atoms with Crippen LogP contribution in [0.5, 0.6) is 0 Å². The highest BCUT2D eigenvalue weighted by molar-refractivity contribution is 5.85. The van der Waals surface area contributed by atoms with Crippen molar-refractivity contribution in [1.29, 1.82) is 0 Å². The van der Waals surface area contributed by atoms with Crippen molar-refractivity contribution < 1.29 is 4.92 Å². The molecule has 0 aliphatic rings. The average Bonchev–Trinajstić information content (AvgIpc) is 2.28. The molecule has 6 heteroatoms. The van der Waals surface area contributed by atoms with Crippen molar-refractivity contribution in [2.24, 2.45) is 11.5 Å². The molecule has 0 aromatic heterocycles. The van der Waals surface area contributed by atoms with Gasteiger partial charge in [0, 0.05) is 17.7 Å². The average molecular weight is 260 g/mol. The van der Waals surface area contributed by atoms with Crippen LogP contribution in [0.3, 0.4) is 0 Å². The summed E-state index contributed by atoms with van der Waals surface area (Å²) in [5.41, 5.74) is 12.9. The lowest BCUT2D eigenvalue weighted by Crippen LogP contribution is -2.16. The zero-order valence-electron chi connectivity index (χ0n) is 9.76. The highest BCUT2D eigenvalue weighted by Crippen LogP contribution is 2.26. The number of hydrogen-bond donors (Lipinski definition) is 2. The first kappa shape index (κ1) is 15.8. The number of nitrogens with zero attached hydrogens (tertiary/aromatic N) is 1. The summed E-state index contributed by atoms with van der Waals surface area (Å²) in [6, 6.07) is 4.83. The van der Waals surface area contributed by atoms with Gasteiger partial charge in [0.1, 0.15) is 0 Å². The van der Waals surface area contributed by atoms with Gasteiger partial charge < -0.3 is 11.5 Å². The molecule has 1 atom stereocenters. The van der Waals surface area contributed by atoms with Crippen molar-refractivity contribution in [2.45, 2.75) is 25.8 Å². The molecule has 0 spiro atoms. The molecule has 0 fully saturated rings. The molecule has 0 aliphatic heterocycles. The summed E-state index contributed by atoms with van der Waals surface area (Å²) >= 11 is 0. The van der Waals surface area contributed by atoms with Crippen LogP contribution < -0.4 is 11.5 Å². The molecule has 0 bridgehead atoms. The lowest BCUT2D eigenvalue weighted by Gasteiger charge is -2.11. The maximum atomic E-state index is 10.9. The minimum atomic E-state index is -0.384. The van der Waals surface area contributed by atoms with Gasteiger partial charge in [-0.15, -0.1) is 12.4 Å². The first-order chi connectivity index (χ1) is 7.60. The third-order valence-electron chi connectivity index (χ3n) is 2.58. The number of nitrogens with two attached hydrogens (primary N) is 2. The fourth-order valence-electron chi connectivity index (χ4n) is 1.62. The molecular formula is C11H18ClN3O2. The van der Waals surface area contributed by atoms with E-state index < -0.39 is 0 Å². The largest absolute Gasteiger partial charge is 0.330 e. The van der Waals surface area contributed by atoms with E-state index in [1.165, 1.54) is 0 Å². The van der Waals surface area contributed by atoms with Gasteiger partial charge in [0.2, 0.25) is 0 Å². The van der Waals surface area contributed by atoms with Gasteiger partial charge in [-0.1, -0.05) is 19.1 Å². The first-order valence-corrected chi connectivity index (χ1v) is 5.33. The molecule has 0 saturated carbocycles. The molecule has 0 amide bonds. The summed E-state index contributed by atoms with van der Waals surface area (Å²) < 4.78 is 0. The Hall–Kier alpha value is -1.17. The van der Waals surface area contributed by atoms with Gasteiger partial charge in [0.25, 0.3) is 5.69 Å². The molecular weight excluding hydrogens is 242 g/mol.